The van der Waals surface area contributed by atoms with Crippen molar-refractivity contribution in [2.24, 2.45) is 11.8 Å². The van der Waals surface area contributed by atoms with Gasteiger partial charge in [0.1, 0.15) is 0 Å². The SMILES string of the molecule is COC1CC(C(C)C)CO1. The summed E-state index contributed by atoms with van der Waals surface area (Å²) in [4.78, 5) is 0. The van der Waals surface area contributed by atoms with Gasteiger partial charge < -0.3 is 9.47 Å². The average Bonchev–Trinajstić information content (AvgIpc) is 2.34. The Morgan fingerprint density at radius 2 is 2.20 bits per heavy atom. The van der Waals surface area contributed by atoms with Crippen LogP contribution in [-0.4, -0.2) is 20.0 Å². The highest BCUT2D eigenvalue weighted by Crippen LogP contribution is 2.25. The summed E-state index contributed by atoms with van der Waals surface area (Å²) in [5, 5.41) is 0. The molecule has 2 heteroatoms. The first-order valence-electron chi connectivity index (χ1n) is 3.88. The van der Waals surface area contributed by atoms with Crippen LogP contribution < -0.4 is 0 Å². The van der Waals surface area contributed by atoms with Crippen LogP contribution in [0.5, 0.6) is 0 Å². The maximum absolute atomic E-state index is 5.35. The van der Waals surface area contributed by atoms with E-state index in [0.717, 1.165) is 18.9 Å². The Bertz CT molecular complexity index is 101. The molecule has 2 nitrogen and oxygen atoms in total. The summed E-state index contributed by atoms with van der Waals surface area (Å²) in [5.41, 5.74) is 0. The van der Waals surface area contributed by atoms with E-state index in [1.54, 1.807) is 7.11 Å². The Kier molecular flexibility index (Phi) is 2.69. The third-order valence-electron chi connectivity index (χ3n) is 2.20. The zero-order valence-electron chi connectivity index (χ0n) is 6.96. The summed E-state index contributed by atoms with van der Waals surface area (Å²) in [6.45, 7) is 5.33. The van der Waals surface area contributed by atoms with E-state index >= 15 is 0 Å². The molecule has 1 saturated heterocycles. The summed E-state index contributed by atoms with van der Waals surface area (Å²) >= 11 is 0. The number of hydrogen-bond acceptors (Lipinski definition) is 2. The fourth-order valence-corrected chi connectivity index (χ4v) is 1.24. The average molecular weight is 144 g/mol. The molecule has 0 spiro atoms. The number of hydrogen-bond donors (Lipinski definition) is 0. The molecule has 0 aromatic carbocycles. The minimum absolute atomic E-state index is 0.0624. The van der Waals surface area contributed by atoms with E-state index in [0.29, 0.717) is 5.92 Å². The van der Waals surface area contributed by atoms with E-state index in [1.807, 2.05) is 0 Å². The van der Waals surface area contributed by atoms with Gasteiger partial charge in [-0.1, -0.05) is 13.8 Å². The highest BCUT2D eigenvalue weighted by atomic mass is 16.7. The first-order valence-corrected chi connectivity index (χ1v) is 3.88. The van der Waals surface area contributed by atoms with Gasteiger partial charge in [-0.3, -0.25) is 0 Å². The number of ether oxygens (including phenoxy) is 2. The molecule has 2 unspecified atom stereocenters. The van der Waals surface area contributed by atoms with Crippen LogP contribution in [0.1, 0.15) is 20.3 Å². The van der Waals surface area contributed by atoms with Crippen LogP contribution in [-0.2, 0) is 9.47 Å². The molecule has 1 heterocycles. The largest absolute Gasteiger partial charge is 0.356 e. The van der Waals surface area contributed by atoms with Gasteiger partial charge in [0.2, 0.25) is 0 Å². The van der Waals surface area contributed by atoms with Gasteiger partial charge in [0.05, 0.1) is 6.61 Å². The van der Waals surface area contributed by atoms with Crippen LogP contribution in [0, 0.1) is 11.8 Å². The normalized spacial score (nSPS) is 33.6. The lowest BCUT2D eigenvalue weighted by Gasteiger charge is -2.10. The monoisotopic (exact) mass is 144 g/mol. The Hall–Kier alpha value is -0.0800. The molecule has 1 rings (SSSR count). The smallest absolute Gasteiger partial charge is 0.157 e. The third kappa shape index (κ3) is 1.70. The zero-order chi connectivity index (χ0) is 7.56. The summed E-state index contributed by atoms with van der Waals surface area (Å²) in [7, 11) is 1.70. The Balaban J connectivity index is 2.28. The molecule has 0 radical (unpaired) electrons. The van der Waals surface area contributed by atoms with Crippen molar-refractivity contribution in [2.45, 2.75) is 26.6 Å². The van der Waals surface area contributed by atoms with Crippen molar-refractivity contribution in [3.63, 3.8) is 0 Å². The molecule has 2 atom stereocenters. The molecule has 0 bridgehead atoms. The summed E-state index contributed by atoms with van der Waals surface area (Å²) < 4.78 is 10.4. The van der Waals surface area contributed by atoms with Crippen LogP contribution in [0.4, 0.5) is 0 Å². The summed E-state index contributed by atoms with van der Waals surface area (Å²) in [5.74, 6) is 1.42. The minimum atomic E-state index is 0.0624. The maximum atomic E-state index is 5.35. The third-order valence-corrected chi connectivity index (χ3v) is 2.20. The highest BCUT2D eigenvalue weighted by Gasteiger charge is 2.26. The fourth-order valence-electron chi connectivity index (χ4n) is 1.24. The Morgan fingerprint density at radius 3 is 2.50 bits per heavy atom. The van der Waals surface area contributed by atoms with Gasteiger partial charge in [0, 0.05) is 13.5 Å². The predicted octanol–water partition coefficient (Wildman–Crippen LogP) is 1.65. The molecule has 1 aliphatic rings. The molecule has 0 amide bonds. The molecule has 1 fully saturated rings. The minimum Gasteiger partial charge on any atom is -0.356 e. The molecule has 60 valence electrons. The van der Waals surface area contributed by atoms with Crippen molar-refractivity contribution in [2.75, 3.05) is 13.7 Å². The predicted molar refractivity (Wildman–Crippen MR) is 39.7 cm³/mol. The fraction of sp³-hybridized carbons (Fsp3) is 1.00. The number of methoxy groups -OCH3 is 1. The van der Waals surface area contributed by atoms with Crippen molar-refractivity contribution >= 4 is 0 Å². The van der Waals surface area contributed by atoms with Gasteiger partial charge in [-0.2, -0.15) is 0 Å². The number of rotatable bonds is 2. The highest BCUT2D eigenvalue weighted by molar-refractivity contribution is 4.70. The van der Waals surface area contributed by atoms with E-state index in [2.05, 4.69) is 13.8 Å². The van der Waals surface area contributed by atoms with E-state index in [9.17, 15) is 0 Å². The van der Waals surface area contributed by atoms with Crippen LogP contribution in [0.15, 0.2) is 0 Å². The van der Waals surface area contributed by atoms with Crippen LogP contribution in [0.2, 0.25) is 0 Å². The maximum Gasteiger partial charge on any atom is 0.157 e. The first kappa shape index (κ1) is 8.02. The molecule has 0 aromatic rings. The zero-order valence-corrected chi connectivity index (χ0v) is 6.96. The molecule has 10 heavy (non-hydrogen) atoms. The Labute approximate surface area is 62.5 Å². The van der Waals surface area contributed by atoms with Crippen LogP contribution in [0.25, 0.3) is 0 Å². The topological polar surface area (TPSA) is 18.5 Å². The molecular weight excluding hydrogens is 128 g/mol. The van der Waals surface area contributed by atoms with Crippen molar-refractivity contribution in [3.8, 4) is 0 Å². The van der Waals surface area contributed by atoms with Crippen molar-refractivity contribution in [1.29, 1.82) is 0 Å². The second kappa shape index (κ2) is 3.35. The lowest BCUT2D eigenvalue weighted by Crippen LogP contribution is -2.09. The molecule has 1 aliphatic heterocycles. The standard InChI is InChI=1S/C8H16O2/c1-6(2)7-4-8(9-3)10-5-7/h6-8H,4-5H2,1-3H3. The van der Waals surface area contributed by atoms with Gasteiger partial charge in [-0.15, -0.1) is 0 Å². The lowest BCUT2D eigenvalue weighted by molar-refractivity contribution is -0.0881. The van der Waals surface area contributed by atoms with Gasteiger partial charge in [0.25, 0.3) is 0 Å². The van der Waals surface area contributed by atoms with E-state index in [4.69, 9.17) is 9.47 Å². The van der Waals surface area contributed by atoms with E-state index in [1.165, 1.54) is 0 Å². The molecule has 0 aliphatic carbocycles. The Morgan fingerprint density at radius 1 is 1.50 bits per heavy atom. The van der Waals surface area contributed by atoms with Gasteiger partial charge >= 0.3 is 0 Å². The van der Waals surface area contributed by atoms with Gasteiger partial charge in [0.15, 0.2) is 6.29 Å². The molecular formula is C8H16O2. The summed E-state index contributed by atoms with van der Waals surface area (Å²) in [6, 6.07) is 0. The second-order valence-electron chi connectivity index (χ2n) is 3.24. The van der Waals surface area contributed by atoms with Crippen molar-refractivity contribution in [1.82, 2.24) is 0 Å². The van der Waals surface area contributed by atoms with E-state index in [-0.39, 0.29) is 6.29 Å². The van der Waals surface area contributed by atoms with Crippen molar-refractivity contribution in [3.05, 3.63) is 0 Å². The second-order valence-corrected chi connectivity index (χ2v) is 3.24. The lowest BCUT2D eigenvalue weighted by atomic mass is 9.95. The first-order chi connectivity index (χ1) is 4.74. The summed E-state index contributed by atoms with van der Waals surface area (Å²) in [6.07, 6.45) is 1.13. The van der Waals surface area contributed by atoms with Crippen LogP contribution in [0.3, 0.4) is 0 Å². The van der Waals surface area contributed by atoms with Gasteiger partial charge in [-0.25, -0.2) is 0 Å². The van der Waals surface area contributed by atoms with Gasteiger partial charge in [-0.05, 0) is 11.8 Å². The molecule has 0 saturated carbocycles. The van der Waals surface area contributed by atoms with Crippen molar-refractivity contribution < 1.29 is 9.47 Å². The molecule has 0 N–H and O–H groups in total. The quantitative estimate of drug-likeness (QED) is 0.586. The molecule has 0 aromatic heterocycles. The van der Waals surface area contributed by atoms with Crippen LogP contribution >= 0.6 is 0 Å². The van der Waals surface area contributed by atoms with E-state index < -0.39 is 0 Å².